The monoisotopic (exact) mass is 500 g/mol. The van der Waals surface area contributed by atoms with Gasteiger partial charge in [0, 0.05) is 54.4 Å². The molecule has 0 aliphatic heterocycles. The molecule has 0 spiro atoms. The molecular weight excluding hydrogens is 460 g/mol. The summed E-state index contributed by atoms with van der Waals surface area (Å²) in [7, 11) is 0. The summed E-state index contributed by atoms with van der Waals surface area (Å²) in [5, 5.41) is 20.6. The number of aliphatic hydroxyl groups excluding tert-OH is 1. The summed E-state index contributed by atoms with van der Waals surface area (Å²) in [5.41, 5.74) is -0.755. The van der Waals surface area contributed by atoms with Crippen LogP contribution in [-0.2, 0) is 24.0 Å². The van der Waals surface area contributed by atoms with Crippen molar-refractivity contribution in [1.82, 2.24) is 0 Å². The standard InChI is InChI=1S/C29H40O7/c1-14(9-16(30)10-15(2)26(35)36)17-11-19(32)24-23-18(31)12-21-27(3,4)22(34)7-8-28(21,5)25(23)20(33)13-29(17,24)6/h14-15,17-18,21,24,31H,7-13H2,1-6H3,(H,35,36)/t14?,15?,17-,18+,21?,24+,28+,29-/m1/s1. The number of allylic oxidation sites excluding steroid dienone is 1. The molecule has 2 fully saturated rings. The highest BCUT2D eigenvalue weighted by Gasteiger charge is 2.65. The van der Waals surface area contributed by atoms with Crippen LogP contribution in [0.1, 0.15) is 86.5 Å². The zero-order valence-electron chi connectivity index (χ0n) is 22.3. The van der Waals surface area contributed by atoms with Gasteiger partial charge in [-0.1, -0.05) is 41.5 Å². The molecule has 4 rings (SSSR count). The molecule has 7 nitrogen and oxygen atoms in total. The second-order valence-corrected chi connectivity index (χ2v) is 13.2. The van der Waals surface area contributed by atoms with E-state index in [-0.39, 0.29) is 66.6 Å². The van der Waals surface area contributed by atoms with E-state index in [2.05, 4.69) is 0 Å². The number of aliphatic carboxylic acids is 1. The van der Waals surface area contributed by atoms with Crippen molar-refractivity contribution in [2.45, 2.75) is 92.6 Å². The lowest BCUT2D eigenvalue weighted by Crippen LogP contribution is -2.57. The predicted octanol–water partition coefficient (Wildman–Crippen LogP) is 3.95. The Morgan fingerprint density at radius 2 is 1.69 bits per heavy atom. The summed E-state index contributed by atoms with van der Waals surface area (Å²) in [5.74, 6) is -2.95. The SMILES string of the molecule is CC(CC(=O)CC(C)[C@H]1CC(=O)[C@H]2C3=C(C(=O)C[C@@]21C)[C@@]1(C)CCC(=O)C(C)(C)C1C[C@@H]3O)C(=O)O. The van der Waals surface area contributed by atoms with Crippen molar-refractivity contribution in [3.8, 4) is 0 Å². The third-order valence-electron chi connectivity index (χ3n) is 10.5. The molecule has 0 aromatic rings. The third-order valence-corrected chi connectivity index (χ3v) is 10.5. The number of carbonyl (C=O) groups excluding carboxylic acids is 4. The highest BCUT2D eigenvalue weighted by molar-refractivity contribution is 6.04. The molecule has 4 aliphatic carbocycles. The van der Waals surface area contributed by atoms with Crippen LogP contribution in [0.3, 0.4) is 0 Å². The summed E-state index contributed by atoms with van der Waals surface area (Å²) < 4.78 is 0. The molecule has 0 bridgehead atoms. The Hall–Kier alpha value is -2.15. The molecule has 0 aromatic carbocycles. The van der Waals surface area contributed by atoms with E-state index in [0.717, 1.165) is 0 Å². The van der Waals surface area contributed by atoms with Crippen LogP contribution in [-0.4, -0.2) is 45.4 Å². The number of aliphatic hydroxyl groups is 1. The molecule has 36 heavy (non-hydrogen) atoms. The zero-order chi connectivity index (χ0) is 27.0. The summed E-state index contributed by atoms with van der Waals surface area (Å²) in [6.07, 6.45) is 0.863. The van der Waals surface area contributed by atoms with Gasteiger partial charge in [0.15, 0.2) is 5.78 Å². The number of hydrogen-bond donors (Lipinski definition) is 2. The van der Waals surface area contributed by atoms with Gasteiger partial charge in [0.05, 0.1) is 12.0 Å². The lowest BCUT2D eigenvalue weighted by Gasteiger charge is -2.57. The Morgan fingerprint density at radius 1 is 1.06 bits per heavy atom. The number of Topliss-reactive ketones (excluding diaryl/α,β-unsaturated/α-hetero) is 4. The molecule has 4 aliphatic rings. The van der Waals surface area contributed by atoms with Crippen molar-refractivity contribution < 1.29 is 34.2 Å². The fraction of sp³-hybridized carbons (Fsp3) is 0.759. The smallest absolute Gasteiger partial charge is 0.306 e. The van der Waals surface area contributed by atoms with Crippen LogP contribution in [0, 0.1) is 45.8 Å². The van der Waals surface area contributed by atoms with E-state index in [0.29, 0.717) is 30.4 Å². The molecule has 0 aromatic heterocycles. The highest BCUT2D eigenvalue weighted by atomic mass is 16.4. The van der Waals surface area contributed by atoms with E-state index in [1.807, 2.05) is 34.6 Å². The number of fused-ring (bicyclic) bond motifs is 4. The Kier molecular flexibility index (Phi) is 6.51. The van der Waals surface area contributed by atoms with E-state index in [9.17, 15) is 29.1 Å². The van der Waals surface area contributed by atoms with E-state index >= 15 is 0 Å². The summed E-state index contributed by atoms with van der Waals surface area (Å²) in [6.45, 7) is 11.2. The topological polar surface area (TPSA) is 126 Å². The average Bonchev–Trinajstić information content (AvgIpc) is 3.02. The molecule has 198 valence electrons. The normalized spacial score (nSPS) is 39.2. The number of hydrogen-bond acceptors (Lipinski definition) is 6. The van der Waals surface area contributed by atoms with E-state index in [1.54, 1.807) is 0 Å². The number of ketones is 4. The molecule has 8 atom stereocenters. The highest BCUT2D eigenvalue weighted by Crippen LogP contribution is 2.66. The quantitative estimate of drug-likeness (QED) is 0.565. The Bertz CT molecular complexity index is 1070. The van der Waals surface area contributed by atoms with E-state index in [1.165, 1.54) is 6.92 Å². The van der Waals surface area contributed by atoms with E-state index in [4.69, 9.17) is 5.11 Å². The van der Waals surface area contributed by atoms with Crippen LogP contribution in [0.4, 0.5) is 0 Å². The lowest BCUT2D eigenvalue weighted by molar-refractivity contribution is -0.144. The average molecular weight is 501 g/mol. The molecule has 0 saturated heterocycles. The maximum atomic E-state index is 13.9. The molecule has 0 heterocycles. The molecular formula is C29H40O7. The number of rotatable bonds is 6. The zero-order valence-corrected chi connectivity index (χ0v) is 22.3. The number of carboxylic acids is 1. The second-order valence-electron chi connectivity index (χ2n) is 13.2. The summed E-state index contributed by atoms with van der Waals surface area (Å²) in [4.78, 5) is 64.0. The van der Waals surface area contributed by atoms with Crippen LogP contribution >= 0.6 is 0 Å². The van der Waals surface area contributed by atoms with Crippen molar-refractivity contribution in [3.05, 3.63) is 11.1 Å². The van der Waals surface area contributed by atoms with E-state index < -0.39 is 40.2 Å². The van der Waals surface area contributed by atoms with Crippen molar-refractivity contribution in [1.29, 1.82) is 0 Å². The van der Waals surface area contributed by atoms with Crippen LogP contribution in [0.25, 0.3) is 0 Å². The van der Waals surface area contributed by atoms with Crippen LogP contribution < -0.4 is 0 Å². The Balaban J connectivity index is 1.69. The van der Waals surface area contributed by atoms with Gasteiger partial charge in [0.2, 0.25) is 0 Å². The number of carbonyl (C=O) groups is 5. The number of carboxylic acid groups (broad SMARTS) is 1. The minimum absolute atomic E-state index is 0.00736. The Labute approximate surface area is 213 Å². The minimum atomic E-state index is -1.01. The van der Waals surface area contributed by atoms with Gasteiger partial charge < -0.3 is 10.2 Å². The van der Waals surface area contributed by atoms with Gasteiger partial charge in [-0.05, 0) is 41.6 Å². The third kappa shape index (κ3) is 3.84. The maximum Gasteiger partial charge on any atom is 0.306 e. The molecule has 0 amide bonds. The first-order valence-corrected chi connectivity index (χ1v) is 13.3. The first-order chi connectivity index (χ1) is 16.6. The summed E-state index contributed by atoms with van der Waals surface area (Å²) >= 11 is 0. The van der Waals surface area contributed by atoms with Crippen LogP contribution in [0.15, 0.2) is 11.1 Å². The van der Waals surface area contributed by atoms with Gasteiger partial charge in [-0.15, -0.1) is 0 Å². The lowest BCUT2D eigenvalue weighted by atomic mass is 9.45. The van der Waals surface area contributed by atoms with Gasteiger partial charge in [-0.2, -0.15) is 0 Å². The second kappa shape index (κ2) is 8.71. The van der Waals surface area contributed by atoms with Gasteiger partial charge >= 0.3 is 5.97 Å². The molecule has 2 saturated carbocycles. The van der Waals surface area contributed by atoms with Crippen LogP contribution in [0.5, 0.6) is 0 Å². The largest absolute Gasteiger partial charge is 0.481 e. The summed E-state index contributed by atoms with van der Waals surface area (Å²) in [6, 6.07) is 0. The van der Waals surface area contributed by atoms with Gasteiger partial charge in [0.25, 0.3) is 0 Å². The molecule has 2 N–H and O–H groups in total. The maximum absolute atomic E-state index is 13.9. The van der Waals surface area contributed by atoms with Crippen molar-refractivity contribution in [2.75, 3.05) is 0 Å². The van der Waals surface area contributed by atoms with Crippen molar-refractivity contribution in [2.24, 2.45) is 45.8 Å². The Morgan fingerprint density at radius 3 is 2.31 bits per heavy atom. The van der Waals surface area contributed by atoms with Gasteiger partial charge in [-0.25, -0.2) is 0 Å². The minimum Gasteiger partial charge on any atom is -0.481 e. The van der Waals surface area contributed by atoms with Gasteiger partial charge in [0.1, 0.15) is 17.3 Å². The fourth-order valence-corrected chi connectivity index (χ4v) is 8.59. The first kappa shape index (κ1) is 26.9. The first-order valence-electron chi connectivity index (χ1n) is 13.3. The van der Waals surface area contributed by atoms with Crippen molar-refractivity contribution >= 4 is 29.1 Å². The van der Waals surface area contributed by atoms with Gasteiger partial charge in [-0.3, -0.25) is 24.0 Å². The fourth-order valence-electron chi connectivity index (χ4n) is 8.59. The predicted molar refractivity (Wildman–Crippen MR) is 132 cm³/mol. The van der Waals surface area contributed by atoms with Crippen molar-refractivity contribution in [3.63, 3.8) is 0 Å². The molecule has 3 unspecified atom stereocenters. The molecule has 7 heteroatoms. The molecule has 0 radical (unpaired) electrons. The van der Waals surface area contributed by atoms with Crippen LogP contribution in [0.2, 0.25) is 0 Å².